The molecule has 0 heterocycles. The van der Waals surface area contributed by atoms with E-state index in [0.717, 1.165) is 18.4 Å². The molecule has 1 unspecified atom stereocenters. The molecule has 1 rings (SSSR count). The molecule has 0 amide bonds. The Morgan fingerprint density at radius 2 is 2.05 bits per heavy atom. The van der Waals surface area contributed by atoms with E-state index in [1.165, 1.54) is 0 Å². The van der Waals surface area contributed by atoms with Gasteiger partial charge in [0.2, 0.25) is 0 Å². The summed E-state index contributed by atoms with van der Waals surface area (Å²) in [7, 11) is 0. The quantitative estimate of drug-likeness (QED) is 0.577. The fraction of sp³-hybridized carbons (Fsp3) is 0.562. The summed E-state index contributed by atoms with van der Waals surface area (Å²) < 4.78 is 5.64. The maximum absolute atomic E-state index is 11.3. The van der Waals surface area contributed by atoms with Gasteiger partial charge in [-0.25, -0.2) is 0 Å². The molecule has 5 heteroatoms. The molecule has 0 aliphatic heterocycles. The molecular weight excluding hydrogens is 270 g/mol. The van der Waals surface area contributed by atoms with Crippen molar-refractivity contribution in [1.82, 2.24) is 5.32 Å². The standard InChI is InChI=1S/C16H25NO4/c1-3-17-16(2,15(19)20)10-6-7-11-21-14-9-5-4-8-13(14)12-18/h4-5,8-9,17-18H,3,6-7,10-12H2,1-2H3,(H,19,20). The van der Waals surface area contributed by atoms with Gasteiger partial charge in [0.25, 0.3) is 0 Å². The van der Waals surface area contributed by atoms with E-state index in [1.807, 2.05) is 31.2 Å². The second-order valence-electron chi connectivity index (χ2n) is 5.24. The predicted octanol–water partition coefficient (Wildman–Crippen LogP) is 2.18. The highest BCUT2D eigenvalue weighted by atomic mass is 16.5. The first kappa shape index (κ1) is 17.5. The zero-order valence-corrected chi connectivity index (χ0v) is 12.8. The Labute approximate surface area is 125 Å². The highest BCUT2D eigenvalue weighted by Gasteiger charge is 2.30. The van der Waals surface area contributed by atoms with Crippen LogP contribution in [-0.4, -0.2) is 34.9 Å². The first-order chi connectivity index (χ1) is 10.0. The van der Waals surface area contributed by atoms with E-state index in [1.54, 1.807) is 6.92 Å². The van der Waals surface area contributed by atoms with Crippen LogP contribution in [0.25, 0.3) is 0 Å². The molecule has 118 valence electrons. The van der Waals surface area contributed by atoms with Crippen LogP contribution in [0.5, 0.6) is 5.75 Å². The average molecular weight is 295 g/mol. The van der Waals surface area contributed by atoms with E-state index in [0.29, 0.717) is 25.3 Å². The van der Waals surface area contributed by atoms with Gasteiger partial charge in [-0.3, -0.25) is 4.79 Å². The van der Waals surface area contributed by atoms with Gasteiger partial charge in [-0.15, -0.1) is 0 Å². The molecule has 0 radical (unpaired) electrons. The average Bonchev–Trinajstić information content (AvgIpc) is 2.47. The number of rotatable bonds is 10. The lowest BCUT2D eigenvalue weighted by Crippen LogP contribution is -2.49. The molecule has 1 atom stereocenters. The summed E-state index contributed by atoms with van der Waals surface area (Å²) in [4.78, 5) is 11.3. The van der Waals surface area contributed by atoms with E-state index in [-0.39, 0.29) is 6.61 Å². The molecule has 0 bridgehead atoms. The molecule has 21 heavy (non-hydrogen) atoms. The third-order valence-corrected chi connectivity index (χ3v) is 3.51. The van der Waals surface area contributed by atoms with Crippen LogP contribution in [0.2, 0.25) is 0 Å². The molecule has 0 saturated heterocycles. The lowest BCUT2D eigenvalue weighted by atomic mass is 9.95. The number of unbranched alkanes of at least 4 members (excludes halogenated alkanes) is 1. The van der Waals surface area contributed by atoms with Crippen LogP contribution < -0.4 is 10.1 Å². The SMILES string of the molecule is CCNC(C)(CCCCOc1ccccc1CO)C(=O)O. The number of benzene rings is 1. The lowest BCUT2D eigenvalue weighted by molar-refractivity contribution is -0.144. The summed E-state index contributed by atoms with van der Waals surface area (Å²) in [5.41, 5.74) is -0.113. The number of ether oxygens (including phenoxy) is 1. The van der Waals surface area contributed by atoms with Gasteiger partial charge >= 0.3 is 5.97 Å². The second-order valence-corrected chi connectivity index (χ2v) is 5.24. The lowest BCUT2D eigenvalue weighted by Gasteiger charge is -2.25. The number of para-hydroxylation sites is 1. The van der Waals surface area contributed by atoms with Crippen LogP contribution in [-0.2, 0) is 11.4 Å². The van der Waals surface area contributed by atoms with Crippen LogP contribution in [0.15, 0.2) is 24.3 Å². The number of carboxylic acids is 1. The Kier molecular flexibility index (Phi) is 7.19. The van der Waals surface area contributed by atoms with Crippen LogP contribution in [0.4, 0.5) is 0 Å². The van der Waals surface area contributed by atoms with Crippen molar-refractivity contribution in [3.63, 3.8) is 0 Å². The Hall–Kier alpha value is -1.59. The summed E-state index contributed by atoms with van der Waals surface area (Å²) in [6.07, 6.45) is 2.09. The Morgan fingerprint density at radius 1 is 1.33 bits per heavy atom. The zero-order valence-electron chi connectivity index (χ0n) is 12.8. The molecule has 0 fully saturated rings. The summed E-state index contributed by atoms with van der Waals surface area (Å²) in [6.45, 7) is 4.70. The molecule has 0 aliphatic rings. The third kappa shape index (κ3) is 5.36. The summed E-state index contributed by atoms with van der Waals surface area (Å²) >= 11 is 0. The molecule has 5 nitrogen and oxygen atoms in total. The molecule has 0 aromatic heterocycles. The van der Waals surface area contributed by atoms with Gasteiger partial charge in [-0.1, -0.05) is 25.1 Å². The van der Waals surface area contributed by atoms with Crippen molar-refractivity contribution in [3.8, 4) is 5.75 Å². The van der Waals surface area contributed by atoms with Gasteiger partial charge in [-0.05, 0) is 38.8 Å². The number of aliphatic carboxylic acids is 1. The highest BCUT2D eigenvalue weighted by Crippen LogP contribution is 2.19. The van der Waals surface area contributed by atoms with E-state index in [2.05, 4.69) is 5.32 Å². The van der Waals surface area contributed by atoms with Crippen LogP contribution in [0, 0.1) is 0 Å². The molecule has 0 saturated carbocycles. The van der Waals surface area contributed by atoms with E-state index >= 15 is 0 Å². The van der Waals surface area contributed by atoms with Crippen LogP contribution in [0.1, 0.15) is 38.7 Å². The van der Waals surface area contributed by atoms with E-state index in [9.17, 15) is 15.0 Å². The number of likely N-dealkylation sites (N-methyl/N-ethyl adjacent to an activating group) is 1. The number of aliphatic hydroxyl groups excluding tert-OH is 1. The topological polar surface area (TPSA) is 78.8 Å². The predicted molar refractivity (Wildman–Crippen MR) is 81.4 cm³/mol. The number of hydrogen-bond acceptors (Lipinski definition) is 4. The number of aliphatic hydroxyl groups is 1. The number of nitrogens with one attached hydrogen (secondary N) is 1. The fourth-order valence-corrected chi connectivity index (χ4v) is 2.20. The number of carboxylic acid groups (broad SMARTS) is 1. The maximum Gasteiger partial charge on any atom is 0.323 e. The molecule has 0 aliphatic carbocycles. The van der Waals surface area contributed by atoms with E-state index < -0.39 is 11.5 Å². The van der Waals surface area contributed by atoms with Gasteiger partial charge in [0.15, 0.2) is 0 Å². The van der Waals surface area contributed by atoms with Gasteiger partial charge in [-0.2, -0.15) is 0 Å². The smallest absolute Gasteiger partial charge is 0.323 e. The van der Waals surface area contributed by atoms with Crippen molar-refractivity contribution in [2.75, 3.05) is 13.2 Å². The fourth-order valence-electron chi connectivity index (χ4n) is 2.20. The summed E-state index contributed by atoms with van der Waals surface area (Å²) in [5, 5.41) is 21.5. The monoisotopic (exact) mass is 295 g/mol. The van der Waals surface area contributed by atoms with Gasteiger partial charge < -0.3 is 20.3 Å². The zero-order chi connectivity index (χ0) is 15.7. The van der Waals surface area contributed by atoms with E-state index in [4.69, 9.17) is 4.74 Å². The summed E-state index contributed by atoms with van der Waals surface area (Å²) in [5.74, 6) is -0.136. The molecular formula is C16H25NO4. The number of hydrogen-bond donors (Lipinski definition) is 3. The maximum atomic E-state index is 11.3. The highest BCUT2D eigenvalue weighted by molar-refractivity contribution is 5.78. The second kappa shape index (κ2) is 8.64. The van der Waals surface area contributed by atoms with Gasteiger partial charge in [0, 0.05) is 5.56 Å². The van der Waals surface area contributed by atoms with Crippen molar-refractivity contribution in [2.45, 2.75) is 45.3 Å². The minimum Gasteiger partial charge on any atom is -0.493 e. The molecule has 1 aromatic carbocycles. The Balaban J connectivity index is 2.35. The largest absolute Gasteiger partial charge is 0.493 e. The number of carbonyl (C=O) groups is 1. The molecule has 1 aromatic rings. The van der Waals surface area contributed by atoms with Crippen LogP contribution in [0.3, 0.4) is 0 Å². The van der Waals surface area contributed by atoms with Crippen molar-refractivity contribution in [3.05, 3.63) is 29.8 Å². The Morgan fingerprint density at radius 3 is 2.67 bits per heavy atom. The first-order valence-corrected chi connectivity index (χ1v) is 7.33. The molecule has 0 spiro atoms. The third-order valence-electron chi connectivity index (χ3n) is 3.51. The summed E-state index contributed by atoms with van der Waals surface area (Å²) in [6, 6.07) is 7.36. The normalized spacial score (nSPS) is 13.7. The minimum atomic E-state index is -0.877. The van der Waals surface area contributed by atoms with Crippen molar-refractivity contribution in [1.29, 1.82) is 0 Å². The first-order valence-electron chi connectivity index (χ1n) is 7.33. The Bertz CT molecular complexity index is 450. The van der Waals surface area contributed by atoms with Crippen LogP contribution >= 0.6 is 0 Å². The minimum absolute atomic E-state index is 0.0479. The van der Waals surface area contributed by atoms with Crippen molar-refractivity contribution < 1.29 is 19.7 Å². The molecule has 3 N–H and O–H groups in total. The van der Waals surface area contributed by atoms with Gasteiger partial charge in [0.05, 0.1) is 13.2 Å². The van der Waals surface area contributed by atoms with Gasteiger partial charge in [0.1, 0.15) is 11.3 Å². The van der Waals surface area contributed by atoms with Crippen molar-refractivity contribution in [2.24, 2.45) is 0 Å². The van der Waals surface area contributed by atoms with Crippen molar-refractivity contribution >= 4 is 5.97 Å².